The van der Waals surface area contributed by atoms with E-state index in [1.165, 1.54) is 6.42 Å². The van der Waals surface area contributed by atoms with Crippen molar-refractivity contribution in [2.24, 2.45) is 23.2 Å². The van der Waals surface area contributed by atoms with Gasteiger partial charge in [0.05, 0.1) is 12.5 Å². The van der Waals surface area contributed by atoms with Crippen LogP contribution in [0.2, 0.25) is 0 Å². The van der Waals surface area contributed by atoms with Crippen molar-refractivity contribution in [1.29, 1.82) is 0 Å². The maximum absolute atomic E-state index is 11.3. The van der Waals surface area contributed by atoms with Gasteiger partial charge in [-0.25, -0.2) is 0 Å². The van der Waals surface area contributed by atoms with Crippen LogP contribution in [0.25, 0.3) is 0 Å². The van der Waals surface area contributed by atoms with Gasteiger partial charge in [0, 0.05) is 11.5 Å². The summed E-state index contributed by atoms with van der Waals surface area (Å²) in [6, 6.07) is 0.135. The predicted octanol–water partition coefficient (Wildman–Crippen LogP) is 2.12. The SMILES string of the molecule is CC(C)(C)C#CCNC1C2CCC(C2)C1C(=O)O. The summed E-state index contributed by atoms with van der Waals surface area (Å²) in [6.07, 6.45) is 3.35. The number of hydrogen-bond acceptors (Lipinski definition) is 2. The van der Waals surface area contributed by atoms with Crippen LogP contribution in [0.4, 0.5) is 0 Å². The maximum atomic E-state index is 11.3. The molecule has 2 fully saturated rings. The third-order valence-corrected chi connectivity index (χ3v) is 4.09. The van der Waals surface area contributed by atoms with Crippen LogP contribution in [0.3, 0.4) is 0 Å². The quantitative estimate of drug-likeness (QED) is 0.753. The highest BCUT2D eigenvalue weighted by Gasteiger charge is 2.50. The van der Waals surface area contributed by atoms with Gasteiger partial charge < -0.3 is 10.4 Å². The number of rotatable bonds is 3. The van der Waals surface area contributed by atoms with E-state index in [9.17, 15) is 9.90 Å². The number of carboxylic acids is 1. The van der Waals surface area contributed by atoms with E-state index in [0.29, 0.717) is 18.4 Å². The second kappa shape index (κ2) is 4.93. The van der Waals surface area contributed by atoms with Crippen LogP contribution < -0.4 is 5.32 Å². The fraction of sp³-hybridized carbons (Fsp3) is 0.800. The summed E-state index contributed by atoms with van der Waals surface area (Å²) in [6.45, 7) is 6.85. The Morgan fingerprint density at radius 3 is 2.61 bits per heavy atom. The summed E-state index contributed by atoms with van der Waals surface area (Å²) in [7, 11) is 0. The Morgan fingerprint density at radius 2 is 2.00 bits per heavy atom. The van der Waals surface area contributed by atoms with Crippen molar-refractivity contribution in [2.75, 3.05) is 6.54 Å². The van der Waals surface area contributed by atoms with E-state index in [1.807, 2.05) is 0 Å². The summed E-state index contributed by atoms with van der Waals surface area (Å²) in [5.41, 5.74) is 0.0164. The summed E-state index contributed by atoms with van der Waals surface area (Å²) >= 11 is 0. The van der Waals surface area contributed by atoms with Crippen LogP contribution in [0, 0.1) is 35.0 Å². The van der Waals surface area contributed by atoms with Gasteiger partial charge in [0.15, 0.2) is 0 Å². The molecular weight excluding hydrogens is 226 g/mol. The molecule has 0 aromatic carbocycles. The Labute approximate surface area is 109 Å². The first-order valence-corrected chi connectivity index (χ1v) is 6.85. The van der Waals surface area contributed by atoms with Gasteiger partial charge in [0.2, 0.25) is 0 Å². The van der Waals surface area contributed by atoms with E-state index < -0.39 is 5.97 Å². The molecule has 0 aliphatic heterocycles. The van der Waals surface area contributed by atoms with Crippen molar-refractivity contribution in [3.8, 4) is 11.8 Å². The van der Waals surface area contributed by atoms with Crippen molar-refractivity contribution in [3.63, 3.8) is 0 Å². The fourth-order valence-corrected chi connectivity index (χ4v) is 3.42. The minimum Gasteiger partial charge on any atom is -0.481 e. The van der Waals surface area contributed by atoms with Gasteiger partial charge in [-0.15, -0.1) is 0 Å². The van der Waals surface area contributed by atoms with E-state index in [-0.39, 0.29) is 17.4 Å². The lowest BCUT2D eigenvalue weighted by Crippen LogP contribution is -2.44. The molecule has 3 heteroatoms. The Bertz CT molecular complexity index is 386. The molecule has 0 amide bonds. The van der Waals surface area contributed by atoms with Crippen molar-refractivity contribution in [1.82, 2.24) is 5.32 Å². The van der Waals surface area contributed by atoms with Crippen molar-refractivity contribution >= 4 is 5.97 Å². The standard InChI is InChI=1S/C15H23NO2/c1-15(2,3)7-4-8-16-13-11-6-5-10(9-11)12(13)14(17)18/h10-13,16H,5-6,8-9H2,1-3H3,(H,17,18). The Morgan fingerprint density at radius 1 is 1.33 bits per heavy atom. The van der Waals surface area contributed by atoms with E-state index in [2.05, 4.69) is 37.9 Å². The van der Waals surface area contributed by atoms with Gasteiger partial charge >= 0.3 is 5.97 Å². The molecule has 3 nitrogen and oxygen atoms in total. The average Bonchev–Trinajstić information content (AvgIpc) is 2.82. The van der Waals surface area contributed by atoms with E-state index >= 15 is 0 Å². The number of hydrogen-bond donors (Lipinski definition) is 2. The van der Waals surface area contributed by atoms with Crippen molar-refractivity contribution in [3.05, 3.63) is 0 Å². The monoisotopic (exact) mass is 249 g/mol. The first-order chi connectivity index (χ1) is 8.38. The minimum atomic E-state index is -0.636. The molecule has 2 bridgehead atoms. The second-order valence-electron chi connectivity index (χ2n) is 6.66. The number of fused-ring (bicyclic) bond motifs is 2. The molecule has 2 aliphatic rings. The van der Waals surface area contributed by atoms with Crippen LogP contribution in [-0.2, 0) is 4.79 Å². The molecule has 0 aromatic heterocycles. The number of nitrogens with one attached hydrogen (secondary N) is 1. The Kier molecular flexibility index (Phi) is 3.68. The second-order valence-corrected chi connectivity index (χ2v) is 6.66. The molecule has 4 atom stereocenters. The normalized spacial score (nSPS) is 34.2. The highest BCUT2D eigenvalue weighted by atomic mass is 16.4. The van der Waals surface area contributed by atoms with Crippen LogP contribution in [0.1, 0.15) is 40.0 Å². The molecular formula is C15H23NO2. The molecule has 0 aromatic rings. The molecule has 2 saturated carbocycles. The van der Waals surface area contributed by atoms with Gasteiger partial charge in [0.1, 0.15) is 0 Å². The molecule has 0 saturated heterocycles. The highest BCUT2D eigenvalue weighted by Crippen LogP contribution is 2.48. The lowest BCUT2D eigenvalue weighted by atomic mass is 9.84. The molecule has 2 N–H and O–H groups in total. The smallest absolute Gasteiger partial charge is 0.308 e. The molecule has 2 aliphatic carbocycles. The van der Waals surface area contributed by atoms with Gasteiger partial charge in [0.25, 0.3) is 0 Å². The molecule has 0 radical (unpaired) electrons. The maximum Gasteiger partial charge on any atom is 0.308 e. The highest BCUT2D eigenvalue weighted by molar-refractivity contribution is 5.72. The van der Waals surface area contributed by atoms with Crippen LogP contribution in [0.15, 0.2) is 0 Å². The molecule has 100 valence electrons. The van der Waals surface area contributed by atoms with E-state index in [0.717, 1.165) is 12.8 Å². The first-order valence-electron chi connectivity index (χ1n) is 6.85. The van der Waals surface area contributed by atoms with Crippen molar-refractivity contribution in [2.45, 2.75) is 46.1 Å². The summed E-state index contributed by atoms with van der Waals surface area (Å²) < 4.78 is 0. The number of carbonyl (C=O) groups is 1. The zero-order valence-electron chi connectivity index (χ0n) is 11.5. The van der Waals surface area contributed by atoms with Crippen LogP contribution in [-0.4, -0.2) is 23.7 Å². The summed E-state index contributed by atoms with van der Waals surface area (Å²) in [5.74, 6) is 6.40. The fourth-order valence-electron chi connectivity index (χ4n) is 3.42. The minimum absolute atomic E-state index is 0.0164. The Balaban J connectivity index is 1.92. The third-order valence-electron chi connectivity index (χ3n) is 4.09. The zero-order valence-corrected chi connectivity index (χ0v) is 11.5. The van der Waals surface area contributed by atoms with Crippen LogP contribution in [0.5, 0.6) is 0 Å². The Hall–Kier alpha value is -1.01. The molecule has 0 spiro atoms. The lowest BCUT2D eigenvalue weighted by molar-refractivity contribution is -0.144. The summed E-state index contributed by atoms with van der Waals surface area (Å²) in [4.78, 5) is 11.3. The van der Waals surface area contributed by atoms with Gasteiger partial charge in [-0.3, -0.25) is 4.79 Å². The summed E-state index contributed by atoms with van der Waals surface area (Å²) in [5, 5.41) is 12.7. The average molecular weight is 249 g/mol. The van der Waals surface area contributed by atoms with E-state index in [4.69, 9.17) is 0 Å². The van der Waals surface area contributed by atoms with Crippen molar-refractivity contribution < 1.29 is 9.90 Å². The lowest BCUT2D eigenvalue weighted by Gasteiger charge is -2.28. The molecule has 18 heavy (non-hydrogen) atoms. The largest absolute Gasteiger partial charge is 0.481 e. The van der Waals surface area contributed by atoms with Gasteiger partial charge in [-0.2, -0.15) is 0 Å². The van der Waals surface area contributed by atoms with E-state index in [1.54, 1.807) is 0 Å². The van der Waals surface area contributed by atoms with Crippen LogP contribution >= 0.6 is 0 Å². The first kappa shape index (κ1) is 13.4. The molecule has 4 unspecified atom stereocenters. The van der Waals surface area contributed by atoms with Gasteiger partial charge in [-0.05, 0) is 51.9 Å². The zero-order chi connectivity index (χ0) is 13.3. The third kappa shape index (κ3) is 2.87. The molecule has 2 rings (SSSR count). The molecule has 0 heterocycles. The van der Waals surface area contributed by atoms with Gasteiger partial charge in [-0.1, -0.05) is 11.8 Å². The number of carboxylic acid groups (broad SMARTS) is 1. The topological polar surface area (TPSA) is 49.3 Å². The number of aliphatic carboxylic acids is 1. The predicted molar refractivity (Wildman–Crippen MR) is 71.0 cm³/mol.